The highest BCUT2D eigenvalue weighted by Crippen LogP contribution is 2.23. The highest BCUT2D eigenvalue weighted by Gasteiger charge is 2.30. The molecular weight excluding hydrogens is 334 g/mol. The van der Waals surface area contributed by atoms with Gasteiger partial charge in [-0.3, -0.25) is 0 Å². The molecule has 1 fully saturated rings. The summed E-state index contributed by atoms with van der Waals surface area (Å²) in [5.41, 5.74) is 1.09. The summed E-state index contributed by atoms with van der Waals surface area (Å²) in [6, 6.07) is 7.63. The van der Waals surface area contributed by atoms with Gasteiger partial charge >= 0.3 is 0 Å². The highest BCUT2D eigenvalue weighted by molar-refractivity contribution is 7.88. The summed E-state index contributed by atoms with van der Waals surface area (Å²) < 4.78 is 41.3. The number of rotatable bonds is 5. The van der Waals surface area contributed by atoms with Crippen LogP contribution in [0.1, 0.15) is 23.4 Å². The van der Waals surface area contributed by atoms with Crippen LogP contribution in [0.5, 0.6) is 5.75 Å². The summed E-state index contributed by atoms with van der Waals surface area (Å²) in [7, 11) is -3.27. The molecule has 0 aliphatic carbocycles. The fourth-order valence-electron chi connectivity index (χ4n) is 2.38. The van der Waals surface area contributed by atoms with Crippen molar-refractivity contribution in [3.05, 3.63) is 41.6 Å². The van der Waals surface area contributed by atoms with E-state index in [9.17, 15) is 8.42 Å². The molecule has 3 rings (SSSR count). The van der Waals surface area contributed by atoms with Gasteiger partial charge in [0.2, 0.25) is 15.9 Å². The van der Waals surface area contributed by atoms with E-state index in [0.29, 0.717) is 18.2 Å². The number of aryl methyl sites for hydroxylation is 1. The summed E-state index contributed by atoms with van der Waals surface area (Å²) in [5.74, 6) is 1.28. The predicted octanol–water partition coefficient (Wildman–Crippen LogP) is 1.29. The number of sulfonamides is 1. The number of benzene rings is 1. The second-order valence-corrected chi connectivity index (χ2v) is 7.60. The third-order valence-corrected chi connectivity index (χ3v) is 4.88. The van der Waals surface area contributed by atoms with Crippen LogP contribution >= 0.6 is 0 Å². The van der Waals surface area contributed by atoms with Crippen LogP contribution in [0.4, 0.5) is 0 Å². The summed E-state index contributed by atoms with van der Waals surface area (Å²) in [6.45, 7) is 2.89. The molecular formula is C15H19N3O5S. The summed E-state index contributed by atoms with van der Waals surface area (Å²) in [4.78, 5) is 0. The van der Waals surface area contributed by atoms with Crippen LogP contribution in [-0.4, -0.2) is 48.9 Å². The van der Waals surface area contributed by atoms with Gasteiger partial charge in [0, 0.05) is 13.1 Å². The first-order valence-electron chi connectivity index (χ1n) is 7.50. The fourth-order valence-corrected chi connectivity index (χ4v) is 3.19. The van der Waals surface area contributed by atoms with Crippen LogP contribution in [0.25, 0.3) is 0 Å². The molecule has 24 heavy (non-hydrogen) atoms. The first-order chi connectivity index (χ1) is 11.4. The molecule has 1 aromatic heterocycles. The highest BCUT2D eigenvalue weighted by atomic mass is 32.2. The standard InChI is InChI=1S/C15H19N3O5S/c1-11-4-3-5-12(8-11)22-10-14-16-17-15(23-14)13-9-18(6-7-21-13)24(2,19)20/h3-5,8,13H,6-7,9-10H2,1-2H3/t13-/m1/s1. The van der Waals surface area contributed by atoms with Crippen molar-refractivity contribution in [3.63, 3.8) is 0 Å². The van der Waals surface area contributed by atoms with Gasteiger partial charge in [0.25, 0.3) is 5.89 Å². The Balaban J connectivity index is 1.63. The monoisotopic (exact) mass is 353 g/mol. The molecule has 0 spiro atoms. The van der Waals surface area contributed by atoms with E-state index in [-0.39, 0.29) is 25.6 Å². The molecule has 0 amide bonds. The minimum Gasteiger partial charge on any atom is -0.484 e. The lowest BCUT2D eigenvalue weighted by molar-refractivity contribution is -0.0180. The molecule has 1 aromatic carbocycles. The predicted molar refractivity (Wildman–Crippen MR) is 84.9 cm³/mol. The Labute approximate surface area is 140 Å². The molecule has 9 heteroatoms. The van der Waals surface area contributed by atoms with Crippen LogP contribution in [0.3, 0.4) is 0 Å². The van der Waals surface area contributed by atoms with E-state index < -0.39 is 16.1 Å². The van der Waals surface area contributed by atoms with Gasteiger partial charge in [0.1, 0.15) is 11.9 Å². The van der Waals surface area contributed by atoms with Gasteiger partial charge < -0.3 is 13.9 Å². The second kappa shape index (κ2) is 6.88. The van der Waals surface area contributed by atoms with Crippen molar-refractivity contribution in [3.8, 4) is 5.75 Å². The first-order valence-corrected chi connectivity index (χ1v) is 9.35. The molecule has 0 unspecified atom stereocenters. The van der Waals surface area contributed by atoms with E-state index in [1.54, 1.807) is 0 Å². The van der Waals surface area contributed by atoms with Crippen molar-refractivity contribution in [1.82, 2.24) is 14.5 Å². The molecule has 0 bridgehead atoms. The maximum Gasteiger partial charge on any atom is 0.254 e. The number of hydrogen-bond donors (Lipinski definition) is 0. The number of aromatic nitrogens is 2. The zero-order valence-corrected chi connectivity index (χ0v) is 14.3. The van der Waals surface area contributed by atoms with E-state index in [4.69, 9.17) is 13.9 Å². The number of nitrogens with zero attached hydrogens (tertiary/aromatic N) is 3. The number of ether oxygens (including phenoxy) is 2. The Morgan fingerprint density at radius 2 is 2.21 bits per heavy atom. The summed E-state index contributed by atoms with van der Waals surface area (Å²) >= 11 is 0. The quantitative estimate of drug-likeness (QED) is 0.799. The molecule has 1 saturated heterocycles. The van der Waals surface area contributed by atoms with Gasteiger partial charge in [0.15, 0.2) is 6.61 Å². The number of morpholine rings is 1. The molecule has 0 N–H and O–H groups in total. The Hall–Kier alpha value is -1.97. The minimum absolute atomic E-state index is 0.138. The Kier molecular flexibility index (Phi) is 4.83. The maximum atomic E-state index is 11.6. The first kappa shape index (κ1) is 16.9. The Morgan fingerprint density at radius 3 is 2.96 bits per heavy atom. The molecule has 130 valence electrons. The number of hydrogen-bond acceptors (Lipinski definition) is 7. The van der Waals surface area contributed by atoms with Crippen LogP contribution in [0, 0.1) is 6.92 Å². The largest absolute Gasteiger partial charge is 0.484 e. The molecule has 1 atom stereocenters. The van der Waals surface area contributed by atoms with Crippen LogP contribution in [0.15, 0.2) is 28.7 Å². The smallest absolute Gasteiger partial charge is 0.254 e. The molecule has 0 radical (unpaired) electrons. The fraction of sp³-hybridized carbons (Fsp3) is 0.467. The zero-order chi connectivity index (χ0) is 17.2. The lowest BCUT2D eigenvalue weighted by Gasteiger charge is -2.29. The molecule has 1 aliphatic heterocycles. The molecule has 1 aliphatic rings. The molecule has 0 saturated carbocycles. The maximum absolute atomic E-state index is 11.6. The van der Waals surface area contributed by atoms with Crippen molar-refractivity contribution >= 4 is 10.0 Å². The van der Waals surface area contributed by atoms with E-state index >= 15 is 0 Å². The van der Waals surface area contributed by atoms with Gasteiger partial charge in [-0.05, 0) is 24.6 Å². The summed E-state index contributed by atoms with van der Waals surface area (Å²) in [6.07, 6.45) is 0.610. The van der Waals surface area contributed by atoms with Gasteiger partial charge in [-0.2, -0.15) is 4.31 Å². The third kappa shape index (κ3) is 4.11. The Morgan fingerprint density at radius 1 is 1.38 bits per heavy atom. The lowest BCUT2D eigenvalue weighted by Crippen LogP contribution is -2.41. The third-order valence-electron chi connectivity index (χ3n) is 3.61. The summed E-state index contributed by atoms with van der Waals surface area (Å²) in [5, 5.41) is 7.87. The van der Waals surface area contributed by atoms with Crippen LogP contribution in [-0.2, 0) is 21.4 Å². The molecule has 2 aromatic rings. The van der Waals surface area contributed by atoms with Crippen molar-refractivity contribution < 1.29 is 22.3 Å². The van der Waals surface area contributed by atoms with Crippen molar-refractivity contribution in [2.75, 3.05) is 26.0 Å². The average molecular weight is 353 g/mol. The van der Waals surface area contributed by atoms with E-state index in [1.807, 2.05) is 31.2 Å². The van der Waals surface area contributed by atoms with Gasteiger partial charge in [0.05, 0.1) is 12.9 Å². The van der Waals surface area contributed by atoms with Gasteiger partial charge in [-0.1, -0.05) is 12.1 Å². The normalized spacial score (nSPS) is 19.3. The average Bonchev–Trinajstić information content (AvgIpc) is 3.01. The van der Waals surface area contributed by atoms with Crippen LogP contribution < -0.4 is 4.74 Å². The van der Waals surface area contributed by atoms with Gasteiger partial charge in [-0.25, -0.2) is 8.42 Å². The van der Waals surface area contributed by atoms with E-state index in [0.717, 1.165) is 5.56 Å². The second-order valence-electron chi connectivity index (χ2n) is 5.62. The van der Waals surface area contributed by atoms with Gasteiger partial charge in [-0.15, -0.1) is 10.2 Å². The van der Waals surface area contributed by atoms with Crippen molar-refractivity contribution in [2.45, 2.75) is 19.6 Å². The SMILES string of the molecule is Cc1cccc(OCc2nnc([C@H]3CN(S(C)(=O)=O)CCO3)o2)c1. The molecule has 2 heterocycles. The van der Waals surface area contributed by atoms with Crippen LogP contribution in [0.2, 0.25) is 0 Å². The van der Waals surface area contributed by atoms with Crippen molar-refractivity contribution in [1.29, 1.82) is 0 Å². The van der Waals surface area contributed by atoms with Crippen molar-refractivity contribution in [2.24, 2.45) is 0 Å². The molecule has 8 nitrogen and oxygen atoms in total. The zero-order valence-electron chi connectivity index (χ0n) is 13.5. The lowest BCUT2D eigenvalue weighted by atomic mass is 10.2. The Bertz CT molecular complexity index is 805. The van der Waals surface area contributed by atoms with E-state index in [2.05, 4.69) is 10.2 Å². The van der Waals surface area contributed by atoms with E-state index in [1.165, 1.54) is 10.6 Å². The topological polar surface area (TPSA) is 94.8 Å². The minimum atomic E-state index is -3.27.